The van der Waals surface area contributed by atoms with Gasteiger partial charge in [-0.15, -0.1) is 0 Å². The number of rotatable bonds is 2. The van der Waals surface area contributed by atoms with Crippen molar-refractivity contribution in [3.63, 3.8) is 0 Å². The molecule has 2 rings (SSSR count). The third-order valence-electron chi connectivity index (χ3n) is 2.57. The molecule has 1 aliphatic rings. The number of fused-ring (bicyclic) bond motifs is 1. The molecule has 0 spiro atoms. The van der Waals surface area contributed by atoms with Crippen molar-refractivity contribution in [1.29, 1.82) is 0 Å². The molecule has 5 heteroatoms. The van der Waals surface area contributed by atoms with Crippen LogP contribution in [-0.4, -0.2) is 17.7 Å². The summed E-state index contributed by atoms with van der Waals surface area (Å²) in [6.45, 7) is 1.63. The average molecular weight is 269 g/mol. The number of carbonyl (C=O) groups is 1. The van der Waals surface area contributed by atoms with Gasteiger partial charge >= 0.3 is 5.97 Å². The van der Waals surface area contributed by atoms with Crippen LogP contribution in [0.4, 0.5) is 4.39 Å². The van der Waals surface area contributed by atoms with E-state index in [1.807, 2.05) is 0 Å². The van der Waals surface area contributed by atoms with Crippen LogP contribution in [0, 0.1) is 5.82 Å². The summed E-state index contributed by atoms with van der Waals surface area (Å²) in [7, 11) is 0. The smallest absolute Gasteiger partial charge is 0.331 e. The fourth-order valence-corrected chi connectivity index (χ4v) is 1.88. The molecule has 94 valence electrons. The molecule has 0 fully saturated rings. The molecule has 0 unspecified atom stereocenters. The summed E-state index contributed by atoms with van der Waals surface area (Å²) in [5.74, 6) is -0.959. The van der Waals surface area contributed by atoms with Gasteiger partial charge in [0, 0.05) is 16.7 Å². The lowest BCUT2D eigenvalue weighted by atomic mass is 10.0. The third kappa shape index (κ3) is 2.38. The van der Waals surface area contributed by atoms with Gasteiger partial charge < -0.3 is 9.84 Å². The van der Waals surface area contributed by atoms with E-state index < -0.39 is 11.8 Å². The Labute approximate surface area is 108 Å². The minimum Gasteiger partial charge on any atom is -0.488 e. The summed E-state index contributed by atoms with van der Waals surface area (Å²) < 4.78 is 18.5. The second-order valence-corrected chi connectivity index (χ2v) is 4.28. The minimum absolute atomic E-state index is 0.145. The number of carboxylic acids is 1. The number of benzene rings is 1. The van der Waals surface area contributed by atoms with Crippen molar-refractivity contribution in [2.24, 2.45) is 0 Å². The number of carboxylic acid groups (broad SMARTS) is 1. The quantitative estimate of drug-likeness (QED) is 0.838. The number of hydrogen-bond acceptors (Lipinski definition) is 2. The molecule has 1 aromatic carbocycles. The van der Waals surface area contributed by atoms with Crippen LogP contribution in [0.25, 0.3) is 5.03 Å². The van der Waals surface area contributed by atoms with Gasteiger partial charge in [0.25, 0.3) is 0 Å². The summed E-state index contributed by atoms with van der Waals surface area (Å²) >= 11 is 6.13. The molecule has 0 radical (unpaired) electrons. The Balaban J connectivity index is 2.48. The van der Waals surface area contributed by atoms with Gasteiger partial charge in [0.05, 0.1) is 5.03 Å². The highest BCUT2D eigenvalue weighted by Crippen LogP contribution is 2.36. The number of ether oxygens (including phenoxy) is 1. The predicted molar refractivity (Wildman–Crippen MR) is 66.1 cm³/mol. The topological polar surface area (TPSA) is 46.5 Å². The summed E-state index contributed by atoms with van der Waals surface area (Å²) in [4.78, 5) is 10.7. The van der Waals surface area contributed by atoms with Gasteiger partial charge in [0.2, 0.25) is 0 Å². The molecule has 1 aliphatic heterocycles. The van der Waals surface area contributed by atoms with Gasteiger partial charge in [0.15, 0.2) is 0 Å². The zero-order chi connectivity index (χ0) is 13.3. The second kappa shape index (κ2) is 4.82. The zero-order valence-corrected chi connectivity index (χ0v) is 10.3. The van der Waals surface area contributed by atoms with Crippen molar-refractivity contribution in [3.05, 3.63) is 46.8 Å². The van der Waals surface area contributed by atoms with Crippen LogP contribution in [0.1, 0.15) is 12.5 Å². The van der Waals surface area contributed by atoms with Crippen LogP contribution in [0.15, 0.2) is 35.4 Å². The first-order valence-electron chi connectivity index (χ1n) is 5.22. The van der Waals surface area contributed by atoms with E-state index in [4.69, 9.17) is 21.4 Å². The van der Waals surface area contributed by atoms with Crippen LogP contribution in [-0.2, 0) is 4.79 Å². The molecule has 1 heterocycles. The van der Waals surface area contributed by atoms with Crippen LogP contribution in [0.2, 0.25) is 0 Å². The standard InChI is InChI=1S/C13H10ClFO3/c1-7(13(16)17)4-8-6-18-11-3-2-9(15)5-10(11)12(8)14/h2-5H,6H2,1H3,(H,16,17)/b7-4+. The largest absolute Gasteiger partial charge is 0.488 e. The molecule has 0 amide bonds. The maximum Gasteiger partial charge on any atom is 0.331 e. The Hall–Kier alpha value is -1.81. The van der Waals surface area contributed by atoms with Gasteiger partial charge in [-0.05, 0) is 31.2 Å². The predicted octanol–water partition coefficient (Wildman–Crippen LogP) is 3.20. The van der Waals surface area contributed by atoms with Gasteiger partial charge in [-0.1, -0.05) is 11.6 Å². The van der Waals surface area contributed by atoms with E-state index in [1.165, 1.54) is 31.2 Å². The summed E-state index contributed by atoms with van der Waals surface area (Å²) in [6.07, 6.45) is 1.43. The summed E-state index contributed by atoms with van der Waals surface area (Å²) in [6, 6.07) is 4.05. The molecule has 0 aromatic heterocycles. The molecule has 0 aliphatic carbocycles. The molecule has 0 saturated heterocycles. The lowest BCUT2D eigenvalue weighted by molar-refractivity contribution is -0.132. The van der Waals surface area contributed by atoms with E-state index in [1.54, 1.807) is 0 Å². The van der Waals surface area contributed by atoms with Crippen LogP contribution in [0.5, 0.6) is 5.75 Å². The van der Waals surface area contributed by atoms with Crippen molar-refractivity contribution in [2.45, 2.75) is 6.92 Å². The Bertz CT molecular complexity index is 576. The monoisotopic (exact) mass is 268 g/mol. The van der Waals surface area contributed by atoms with Gasteiger partial charge in [-0.2, -0.15) is 0 Å². The SMILES string of the molecule is C/C(=C\C1=C(Cl)c2cc(F)ccc2OC1)C(=O)O. The van der Waals surface area contributed by atoms with E-state index in [2.05, 4.69) is 0 Å². The summed E-state index contributed by atoms with van der Waals surface area (Å²) in [5.41, 5.74) is 1.11. The molecule has 0 bridgehead atoms. The highest BCUT2D eigenvalue weighted by molar-refractivity contribution is 6.50. The Morgan fingerprint density at radius 1 is 1.56 bits per heavy atom. The van der Waals surface area contributed by atoms with E-state index in [0.717, 1.165) is 0 Å². The molecule has 1 aromatic rings. The number of aliphatic carboxylic acids is 1. The van der Waals surface area contributed by atoms with Gasteiger partial charge in [0.1, 0.15) is 18.2 Å². The fourth-order valence-electron chi connectivity index (χ4n) is 1.62. The molecule has 3 nitrogen and oxygen atoms in total. The lowest BCUT2D eigenvalue weighted by Gasteiger charge is -2.19. The summed E-state index contributed by atoms with van der Waals surface area (Å²) in [5, 5.41) is 9.12. The van der Waals surface area contributed by atoms with Gasteiger partial charge in [-0.25, -0.2) is 9.18 Å². The van der Waals surface area contributed by atoms with E-state index in [9.17, 15) is 9.18 Å². The van der Waals surface area contributed by atoms with Crippen LogP contribution < -0.4 is 4.74 Å². The van der Waals surface area contributed by atoms with E-state index in [0.29, 0.717) is 21.9 Å². The Morgan fingerprint density at radius 3 is 2.94 bits per heavy atom. The van der Waals surface area contributed by atoms with Crippen LogP contribution in [0.3, 0.4) is 0 Å². The molecule has 18 heavy (non-hydrogen) atoms. The molecule has 0 atom stereocenters. The maximum absolute atomic E-state index is 13.1. The second-order valence-electron chi connectivity index (χ2n) is 3.90. The zero-order valence-electron chi connectivity index (χ0n) is 9.54. The molecular formula is C13H10ClFO3. The highest BCUT2D eigenvalue weighted by Gasteiger charge is 2.19. The molecule has 1 N–H and O–H groups in total. The highest BCUT2D eigenvalue weighted by atomic mass is 35.5. The van der Waals surface area contributed by atoms with Crippen molar-refractivity contribution in [2.75, 3.05) is 6.61 Å². The maximum atomic E-state index is 13.1. The van der Waals surface area contributed by atoms with Crippen molar-refractivity contribution < 1.29 is 19.0 Å². The first-order valence-corrected chi connectivity index (χ1v) is 5.60. The number of hydrogen-bond donors (Lipinski definition) is 1. The fraction of sp³-hybridized carbons (Fsp3) is 0.154. The molecular weight excluding hydrogens is 259 g/mol. The normalized spacial score (nSPS) is 15.2. The number of halogens is 2. The van der Waals surface area contributed by atoms with Crippen LogP contribution >= 0.6 is 11.6 Å². The van der Waals surface area contributed by atoms with Crippen molar-refractivity contribution in [3.8, 4) is 5.75 Å². The minimum atomic E-state index is -1.03. The Morgan fingerprint density at radius 2 is 2.28 bits per heavy atom. The third-order valence-corrected chi connectivity index (χ3v) is 3.02. The Kier molecular flexibility index (Phi) is 3.39. The van der Waals surface area contributed by atoms with Crippen molar-refractivity contribution in [1.82, 2.24) is 0 Å². The molecule has 0 saturated carbocycles. The van der Waals surface area contributed by atoms with E-state index >= 15 is 0 Å². The average Bonchev–Trinajstić information content (AvgIpc) is 2.33. The van der Waals surface area contributed by atoms with Crippen molar-refractivity contribution >= 4 is 22.6 Å². The lowest BCUT2D eigenvalue weighted by Crippen LogP contribution is -2.10. The first kappa shape index (κ1) is 12.6. The van der Waals surface area contributed by atoms with E-state index in [-0.39, 0.29) is 12.2 Å². The first-order chi connectivity index (χ1) is 8.49. The van der Waals surface area contributed by atoms with Gasteiger partial charge in [-0.3, -0.25) is 0 Å².